The summed E-state index contributed by atoms with van der Waals surface area (Å²) in [5.41, 5.74) is -1.08. The molecule has 1 atom stereocenters. The van der Waals surface area contributed by atoms with E-state index in [0.717, 1.165) is 0 Å². The van der Waals surface area contributed by atoms with Gasteiger partial charge in [0.25, 0.3) is 0 Å². The van der Waals surface area contributed by atoms with Crippen molar-refractivity contribution in [3.63, 3.8) is 0 Å². The van der Waals surface area contributed by atoms with Gasteiger partial charge in [0.05, 0.1) is 0 Å². The van der Waals surface area contributed by atoms with Crippen LogP contribution in [0.1, 0.15) is 0 Å². The quantitative estimate of drug-likeness (QED) is 0.224. The van der Waals surface area contributed by atoms with Crippen LogP contribution in [0.2, 0.25) is 0 Å². The Hall–Kier alpha value is 0.350. The first-order valence-electron chi connectivity index (χ1n) is 2.82. The maximum absolute atomic E-state index is 10.3. The van der Waals surface area contributed by atoms with Gasteiger partial charge in [-0.3, -0.25) is 0 Å². The minimum absolute atomic E-state index is 0. The molecule has 0 aromatic rings. The summed E-state index contributed by atoms with van der Waals surface area (Å²) in [5.74, 6) is -0.656. The van der Waals surface area contributed by atoms with Gasteiger partial charge in [-0.15, -0.1) is 29.2 Å². The summed E-state index contributed by atoms with van der Waals surface area (Å²) < 4.78 is 0.593. The lowest BCUT2D eigenvalue weighted by atomic mass is 10.5. The van der Waals surface area contributed by atoms with E-state index in [2.05, 4.69) is 4.99 Å². The number of aliphatic imine (C=N–C) groups is 1. The topological polar surface area (TPSA) is 58.7 Å². The second-order valence-electron chi connectivity index (χ2n) is 1.95. The molecule has 0 aromatic carbocycles. The molecule has 0 bridgehead atoms. The summed E-state index contributed by atoms with van der Waals surface area (Å²) in [5, 5.41) is 10.0. The largest absolute Gasteiger partial charge is 0.449 e. The third kappa shape index (κ3) is 3.69. The standard InChI is InChI=1S/C4HCl4N3O2.2ClH/c5-1-2(6)9-4(11(12)13)10(8)3(1)7;;/h3H;2*1H. The van der Waals surface area contributed by atoms with Gasteiger partial charge in [-0.1, -0.05) is 28.2 Å². The van der Waals surface area contributed by atoms with Crippen LogP contribution in [0.5, 0.6) is 0 Å². The lowest BCUT2D eigenvalue weighted by molar-refractivity contribution is -0.361. The molecule has 1 unspecified atom stereocenters. The van der Waals surface area contributed by atoms with Gasteiger partial charge in [0.2, 0.25) is 10.7 Å². The Bertz CT molecular complexity index is 317. The van der Waals surface area contributed by atoms with Crippen molar-refractivity contribution in [3.05, 3.63) is 20.3 Å². The molecular formula is C4H3Cl6N3O2. The number of hydrogen-bond donors (Lipinski definition) is 0. The fourth-order valence-electron chi connectivity index (χ4n) is 0.607. The van der Waals surface area contributed by atoms with E-state index in [-0.39, 0.29) is 35.0 Å². The highest BCUT2D eigenvalue weighted by Gasteiger charge is 2.37. The summed E-state index contributed by atoms with van der Waals surface area (Å²) in [6, 6.07) is 0. The Kier molecular flexibility index (Phi) is 8.08. The molecule has 15 heavy (non-hydrogen) atoms. The zero-order valence-corrected chi connectivity index (χ0v) is 11.2. The fourth-order valence-corrected chi connectivity index (χ4v) is 1.42. The SMILES string of the molecule is Cl.Cl.O=[N+]([O-])C1=NC(Cl)=C(Cl)C(Cl)N1Cl. The van der Waals surface area contributed by atoms with E-state index in [1.54, 1.807) is 0 Å². The van der Waals surface area contributed by atoms with Crippen LogP contribution in [-0.4, -0.2) is 20.8 Å². The van der Waals surface area contributed by atoms with Gasteiger partial charge in [-0.2, -0.15) is 0 Å². The molecule has 11 heteroatoms. The van der Waals surface area contributed by atoms with Crippen molar-refractivity contribution in [2.45, 2.75) is 5.50 Å². The van der Waals surface area contributed by atoms with E-state index in [0.29, 0.717) is 4.42 Å². The van der Waals surface area contributed by atoms with Crippen LogP contribution in [-0.2, 0) is 0 Å². The third-order valence-corrected chi connectivity index (χ3v) is 2.90. The van der Waals surface area contributed by atoms with Crippen LogP contribution in [0.3, 0.4) is 0 Å². The average molecular weight is 338 g/mol. The molecule has 0 saturated heterocycles. The molecule has 0 saturated carbocycles. The van der Waals surface area contributed by atoms with E-state index in [9.17, 15) is 10.1 Å². The molecule has 1 heterocycles. The summed E-state index contributed by atoms with van der Waals surface area (Å²) >= 11 is 22.0. The fraction of sp³-hybridized carbons (Fsp3) is 0.250. The summed E-state index contributed by atoms with van der Waals surface area (Å²) in [7, 11) is 0. The normalized spacial score (nSPS) is 20.1. The Morgan fingerprint density at radius 3 is 2.27 bits per heavy atom. The molecule has 0 amide bonds. The Morgan fingerprint density at radius 2 is 1.87 bits per heavy atom. The first-order chi connectivity index (χ1) is 5.95. The smallest absolute Gasteiger partial charge is 0.390 e. The number of nitrogens with zero attached hydrogens (tertiary/aromatic N) is 3. The van der Waals surface area contributed by atoms with Crippen molar-refractivity contribution >= 4 is 77.4 Å². The predicted molar refractivity (Wildman–Crippen MR) is 65.0 cm³/mol. The average Bonchev–Trinajstić information content (AvgIpc) is 2.07. The Balaban J connectivity index is 0. The van der Waals surface area contributed by atoms with Crippen LogP contribution in [0, 0.1) is 10.1 Å². The van der Waals surface area contributed by atoms with Gasteiger partial charge in [0.1, 0.15) is 16.8 Å². The van der Waals surface area contributed by atoms with Crippen molar-refractivity contribution in [2.75, 3.05) is 0 Å². The molecule has 0 spiro atoms. The van der Waals surface area contributed by atoms with Gasteiger partial charge in [-0.25, -0.2) is 0 Å². The number of hydrogen-bond acceptors (Lipinski definition) is 4. The molecule has 0 aliphatic carbocycles. The number of alkyl halides is 1. The summed E-state index contributed by atoms with van der Waals surface area (Å²) in [6.07, 6.45) is 0. The van der Waals surface area contributed by atoms with Crippen LogP contribution >= 0.6 is 71.4 Å². The molecule has 5 nitrogen and oxygen atoms in total. The summed E-state index contributed by atoms with van der Waals surface area (Å²) in [6.45, 7) is 0. The molecule has 0 aromatic heterocycles. The molecule has 1 aliphatic heterocycles. The van der Waals surface area contributed by atoms with Gasteiger partial charge in [-0.05, 0) is 16.5 Å². The zero-order chi connectivity index (χ0) is 10.2. The van der Waals surface area contributed by atoms with E-state index < -0.39 is 16.4 Å². The highest BCUT2D eigenvalue weighted by Crippen LogP contribution is 2.31. The monoisotopic (exact) mass is 335 g/mol. The lowest BCUT2D eigenvalue weighted by Crippen LogP contribution is -2.37. The van der Waals surface area contributed by atoms with Crippen molar-refractivity contribution in [1.82, 2.24) is 4.42 Å². The van der Waals surface area contributed by atoms with Crippen molar-refractivity contribution in [3.8, 4) is 0 Å². The van der Waals surface area contributed by atoms with Crippen molar-refractivity contribution < 1.29 is 4.92 Å². The number of rotatable bonds is 0. The van der Waals surface area contributed by atoms with Crippen LogP contribution < -0.4 is 0 Å². The van der Waals surface area contributed by atoms with Crippen molar-refractivity contribution in [1.29, 1.82) is 0 Å². The van der Waals surface area contributed by atoms with E-state index in [4.69, 9.17) is 46.6 Å². The molecule has 1 rings (SSSR count). The second-order valence-corrected chi connectivity index (χ2v) is 3.50. The van der Waals surface area contributed by atoms with Crippen LogP contribution in [0.25, 0.3) is 0 Å². The minimum Gasteiger partial charge on any atom is -0.390 e. The second kappa shape index (κ2) is 6.83. The number of halogens is 6. The highest BCUT2D eigenvalue weighted by molar-refractivity contribution is 6.45. The van der Waals surface area contributed by atoms with E-state index in [1.807, 2.05) is 0 Å². The molecule has 0 radical (unpaired) electrons. The van der Waals surface area contributed by atoms with Gasteiger partial charge in [0, 0.05) is 0 Å². The van der Waals surface area contributed by atoms with E-state index in [1.165, 1.54) is 0 Å². The molecule has 0 fully saturated rings. The first kappa shape index (κ1) is 17.7. The minimum atomic E-state index is -1.08. The summed E-state index contributed by atoms with van der Waals surface area (Å²) in [4.78, 5) is 12.9. The molecule has 0 N–H and O–H groups in total. The van der Waals surface area contributed by atoms with E-state index >= 15 is 0 Å². The number of guanidine groups is 1. The third-order valence-electron chi connectivity index (χ3n) is 1.16. The number of nitro groups is 1. The van der Waals surface area contributed by atoms with Gasteiger partial charge in [0.15, 0.2) is 0 Å². The van der Waals surface area contributed by atoms with Crippen LogP contribution in [0.4, 0.5) is 0 Å². The Labute approximate surface area is 117 Å². The molecular weight excluding hydrogens is 335 g/mol. The molecule has 1 aliphatic rings. The van der Waals surface area contributed by atoms with Crippen LogP contribution in [0.15, 0.2) is 15.2 Å². The van der Waals surface area contributed by atoms with Gasteiger partial charge >= 0.3 is 5.96 Å². The van der Waals surface area contributed by atoms with Crippen molar-refractivity contribution in [2.24, 2.45) is 4.99 Å². The maximum atomic E-state index is 10.3. The lowest BCUT2D eigenvalue weighted by Gasteiger charge is -2.17. The highest BCUT2D eigenvalue weighted by atomic mass is 35.5. The maximum Gasteiger partial charge on any atom is 0.449 e. The predicted octanol–water partition coefficient (Wildman–Crippen LogP) is 3.14. The first-order valence-corrected chi connectivity index (χ1v) is 4.35. The zero-order valence-electron chi connectivity index (χ0n) is 6.56. The Morgan fingerprint density at radius 1 is 1.40 bits per heavy atom. The van der Waals surface area contributed by atoms with Gasteiger partial charge < -0.3 is 10.1 Å². The molecule has 88 valence electrons.